The molecule has 1 heterocycles. The van der Waals surface area contributed by atoms with Gasteiger partial charge >= 0.3 is 0 Å². The van der Waals surface area contributed by atoms with Gasteiger partial charge in [0.05, 0.1) is 5.84 Å². The van der Waals surface area contributed by atoms with Crippen molar-refractivity contribution in [2.45, 2.75) is 38.6 Å². The molecule has 0 radical (unpaired) electrons. The highest BCUT2D eigenvalue weighted by Crippen LogP contribution is 2.26. The fourth-order valence-electron chi connectivity index (χ4n) is 2.28. The summed E-state index contributed by atoms with van der Waals surface area (Å²) in [5.41, 5.74) is 6.03. The number of aromatic nitrogens is 3. The molecule has 16 heavy (non-hydrogen) atoms. The quantitative estimate of drug-likeness (QED) is 0.620. The number of hydrogen-bond acceptors (Lipinski definition) is 3. The highest BCUT2D eigenvalue weighted by molar-refractivity contribution is 5.83. The van der Waals surface area contributed by atoms with E-state index < -0.39 is 0 Å². The van der Waals surface area contributed by atoms with Crippen LogP contribution in [0.3, 0.4) is 0 Å². The van der Waals surface area contributed by atoms with Crippen molar-refractivity contribution in [3.63, 3.8) is 0 Å². The largest absolute Gasteiger partial charge is 0.387 e. The summed E-state index contributed by atoms with van der Waals surface area (Å²) in [5.74, 6) is 2.13. The Kier molecular flexibility index (Phi) is 3.22. The average Bonchev–Trinajstić information content (AvgIpc) is 2.86. The number of rotatable bonds is 3. The monoisotopic (exact) mass is 221 g/mol. The lowest BCUT2D eigenvalue weighted by Gasteiger charge is -2.11. The summed E-state index contributed by atoms with van der Waals surface area (Å²) in [4.78, 5) is 4.53. The molecule has 5 nitrogen and oxygen atoms in total. The minimum atomic E-state index is -0.00639. The zero-order valence-electron chi connectivity index (χ0n) is 9.93. The Balaban J connectivity index is 2.08. The van der Waals surface area contributed by atoms with Crippen LogP contribution in [-0.2, 0) is 7.05 Å². The lowest BCUT2D eigenvalue weighted by Crippen LogP contribution is -2.22. The summed E-state index contributed by atoms with van der Waals surface area (Å²) in [5, 5.41) is 7.90. The molecule has 0 spiro atoms. The highest BCUT2D eigenvalue weighted by Gasteiger charge is 2.20. The van der Waals surface area contributed by atoms with Gasteiger partial charge in [-0.25, -0.2) is 0 Å². The van der Waals surface area contributed by atoms with Crippen molar-refractivity contribution in [2.75, 3.05) is 0 Å². The van der Waals surface area contributed by atoms with Gasteiger partial charge in [-0.05, 0) is 19.8 Å². The van der Waals surface area contributed by atoms with Gasteiger partial charge in [0.15, 0.2) is 5.82 Å². The van der Waals surface area contributed by atoms with Crippen molar-refractivity contribution >= 4 is 5.84 Å². The number of aryl methyl sites for hydroxylation is 1. The summed E-state index contributed by atoms with van der Waals surface area (Å²) in [7, 11) is 1.92. The SMILES string of the molecule is CC(N=C(N)C1CCCC1)c1nncn1C. The zero-order chi connectivity index (χ0) is 11.5. The van der Waals surface area contributed by atoms with Crippen LogP contribution in [0, 0.1) is 5.92 Å². The Morgan fingerprint density at radius 3 is 2.81 bits per heavy atom. The van der Waals surface area contributed by atoms with Gasteiger partial charge < -0.3 is 10.3 Å². The van der Waals surface area contributed by atoms with Crippen LogP contribution in [0.5, 0.6) is 0 Å². The van der Waals surface area contributed by atoms with E-state index in [-0.39, 0.29) is 6.04 Å². The van der Waals surface area contributed by atoms with E-state index in [1.807, 2.05) is 18.5 Å². The minimum absolute atomic E-state index is 0.00639. The second-order valence-electron chi connectivity index (χ2n) is 4.51. The summed E-state index contributed by atoms with van der Waals surface area (Å²) in [6.07, 6.45) is 6.60. The van der Waals surface area contributed by atoms with E-state index in [4.69, 9.17) is 5.73 Å². The molecule has 88 valence electrons. The van der Waals surface area contributed by atoms with Crippen LogP contribution in [0.2, 0.25) is 0 Å². The number of aliphatic imine (C=N–C) groups is 1. The summed E-state index contributed by atoms with van der Waals surface area (Å²) in [6.45, 7) is 2.01. The van der Waals surface area contributed by atoms with Crippen molar-refractivity contribution in [1.29, 1.82) is 0 Å². The first-order valence-corrected chi connectivity index (χ1v) is 5.85. The maximum absolute atomic E-state index is 6.03. The van der Waals surface area contributed by atoms with Gasteiger partial charge in [0.25, 0.3) is 0 Å². The topological polar surface area (TPSA) is 69.1 Å². The average molecular weight is 221 g/mol. The molecule has 2 rings (SSSR count). The van der Waals surface area contributed by atoms with Gasteiger partial charge in [-0.15, -0.1) is 10.2 Å². The predicted octanol–water partition coefficient (Wildman–Crippen LogP) is 1.42. The molecule has 1 atom stereocenters. The normalized spacial score (nSPS) is 20.2. The molecule has 1 unspecified atom stereocenters. The molecule has 0 amide bonds. The molecule has 0 bridgehead atoms. The Morgan fingerprint density at radius 2 is 2.25 bits per heavy atom. The number of nitrogens with two attached hydrogens (primary N) is 1. The fourth-order valence-corrected chi connectivity index (χ4v) is 2.28. The minimum Gasteiger partial charge on any atom is -0.387 e. The zero-order valence-corrected chi connectivity index (χ0v) is 9.93. The third kappa shape index (κ3) is 2.23. The lowest BCUT2D eigenvalue weighted by molar-refractivity contribution is 0.659. The van der Waals surface area contributed by atoms with Gasteiger partial charge in [0.1, 0.15) is 12.4 Å². The molecular formula is C11H19N5. The van der Waals surface area contributed by atoms with Crippen LogP contribution in [-0.4, -0.2) is 20.6 Å². The summed E-state index contributed by atoms with van der Waals surface area (Å²) in [6, 6.07) is -0.00639. The van der Waals surface area contributed by atoms with Crippen LogP contribution < -0.4 is 5.73 Å². The molecule has 5 heteroatoms. The Hall–Kier alpha value is -1.39. The van der Waals surface area contributed by atoms with Crippen molar-refractivity contribution < 1.29 is 0 Å². The first-order chi connectivity index (χ1) is 7.68. The van der Waals surface area contributed by atoms with Gasteiger partial charge in [0, 0.05) is 13.0 Å². The van der Waals surface area contributed by atoms with Gasteiger partial charge in [0.2, 0.25) is 0 Å². The molecular weight excluding hydrogens is 202 g/mol. The molecule has 1 aromatic rings. The van der Waals surface area contributed by atoms with E-state index in [2.05, 4.69) is 15.2 Å². The number of nitrogens with zero attached hydrogens (tertiary/aromatic N) is 4. The second-order valence-corrected chi connectivity index (χ2v) is 4.51. The predicted molar refractivity (Wildman–Crippen MR) is 63.0 cm³/mol. The molecule has 0 aromatic carbocycles. The van der Waals surface area contributed by atoms with Crippen LogP contribution >= 0.6 is 0 Å². The van der Waals surface area contributed by atoms with Crippen LogP contribution in [0.15, 0.2) is 11.3 Å². The van der Waals surface area contributed by atoms with Crippen LogP contribution in [0.4, 0.5) is 0 Å². The molecule has 2 N–H and O–H groups in total. The Morgan fingerprint density at radius 1 is 1.56 bits per heavy atom. The molecule has 1 aliphatic carbocycles. The van der Waals surface area contributed by atoms with Crippen LogP contribution in [0.25, 0.3) is 0 Å². The maximum Gasteiger partial charge on any atom is 0.157 e. The Labute approximate surface area is 95.8 Å². The fraction of sp³-hybridized carbons (Fsp3) is 0.727. The van der Waals surface area contributed by atoms with Crippen LogP contribution in [0.1, 0.15) is 44.5 Å². The van der Waals surface area contributed by atoms with Crippen molar-refractivity contribution in [1.82, 2.24) is 14.8 Å². The molecule has 1 aromatic heterocycles. The third-order valence-corrected chi connectivity index (χ3v) is 3.24. The van der Waals surface area contributed by atoms with Gasteiger partial charge in [-0.1, -0.05) is 12.8 Å². The first kappa shape index (κ1) is 11.1. The summed E-state index contributed by atoms with van der Waals surface area (Å²) >= 11 is 0. The van der Waals surface area contributed by atoms with E-state index in [1.54, 1.807) is 6.33 Å². The van der Waals surface area contributed by atoms with E-state index >= 15 is 0 Å². The summed E-state index contributed by atoms with van der Waals surface area (Å²) < 4.78 is 1.89. The van der Waals surface area contributed by atoms with Crippen molar-refractivity contribution in [2.24, 2.45) is 23.7 Å². The standard InChI is InChI=1S/C11H19N5/c1-8(11-15-13-7-16(11)2)14-10(12)9-5-3-4-6-9/h7-9H,3-6H2,1-2H3,(H2,12,14). The Bertz CT molecular complexity index is 375. The number of hydrogen-bond donors (Lipinski definition) is 1. The second kappa shape index (κ2) is 4.63. The third-order valence-electron chi connectivity index (χ3n) is 3.24. The van der Waals surface area contributed by atoms with Gasteiger partial charge in [-0.2, -0.15) is 0 Å². The number of amidine groups is 1. The molecule has 1 fully saturated rings. The van der Waals surface area contributed by atoms with E-state index in [1.165, 1.54) is 25.7 Å². The highest BCUT2D eigenvalue weighted by atomic mass is 15.3. The van der Waals surface area contributed by atoms with E-state index in [9.17, 15) is 0 Å². The maximum atomic E-state index is 6.03. The smallest absolute Gasteiger partial charge is 0.157 e. The molecule has 0 aliphatic heterocycles. The molecule has 0 saturated heterocycles. The van der Waals surface area contributed by atoms with E-state index in [0.717, 1.165) is 11.7 Å². The first-order valence-electron chi connectivity index (χ1n) is 5.85. The van der Waals surface area contributed by atoms with E-state index in [0.29, 0.717) is 5.92 Å². The van der Waals surface area contributed by atoms with Crippen molar-refractivity contribution in [3.05, 3.63) is 12.2 Å². The van der Waals surface area contributed by atoms with Crippen molar-refractivity contribution in [3.8, 4) is 0 Å². The molecule has 1 aliphatic rings. The molecule has 1 saturated carbocycles. The lowest BCUT2D eigenvalue weighted by atomic mass is 10.1. The van der Waals surface area contributed by atoms with Gasteiger partial charge in [-0.3, -0.25) is 4.99 Å².